The number of nitrogens with zero attached hydrogens (tertiary/aromatic N) is 5. The summed E-state index contributed by atoms with van der Waals surface area (Å²) in [6.45, 7) is 4.66. The zero-order chi connectivity index (χ0) is 22.9. The van der Waals surface area contributed by atoms with E-state index in [2.05, 4.69) is 31.3 Å². The predicted octanol–water partition coefficient (Wildman–Crippen LogP) is 3.47. The van der Waals surface area contributed by atoms with E-state index in [1.807, 2.05) is 21.6 Å². The Bertz CT molecular complexity index is 1300. The fraction of sp³-hybridized carbons (Fsp3) is 0.318. The van der Waals surface area contributed by atoms with Crippen LogP contribution in [0.25, 0.3) is 28.4 Å². The number of hydrogen-bond acceptors (Lipinski definition) is 7. The van der Waals surface area contributed by atoms with E-state index >= 15 is 0 Å². The maximum Gasteiger partial charge on any atom is 0.223 e. The van der Waals surface area contributed by atoms with Crippen LogP contribution in [0.4, 0.5) is 5.95 Å². The van der Waals surface area contributed by atoms with Gasteiger partial charge in [-0.25, -0.2) is 15.0 Å². The molecule has 1 aromatic carbocycles. The second-order valence-electron chi connectivity index (χ2n) is 7.91. The van der Waals surface area contributed by atoms with E-state index in [0.29, 0.717) is 28.6 Å². The molecule has 5 rings (SSSR count). The Morgan fingerprint density at radius 3 is 2.73 bits per heavy atom. The van der Waals surface area contributed by atoms with Gasteiger partial charge in [-0.05, 0) is 31.0 Å². The smallest absolute Gasteiger partial charge is 0.223 e. The summed E-state index contributed by atoms with van der Waals surface area (Å²) in [7, 11) is 0. The molecule has 0 unspecified atom stereocenters. The Kier molecular flexibility index (Phi) is 5.63. The van der Waals surface area contributed by atoms with Gasteiger partial charge in [-0.1, -0.05) is 0 Å². The van der Waals surface area contributed by atoms with Crippen molar-refractivity contribution in [1.82, 2.24) is 29.4 Å². The minimum Gasteiger partial charge on any atom is -0.440 e. The minimum atomic E-state index is -0.214. The number of imidazole rings is 2. The summed E-state index contributed by atoms with van der Waals surface area (Å²) < 4.78 is 7.14. The standard InChI is InChI=1S/C22H23N7O3S/c1-13(30)25-22-26-17-9-16(33-15-5-7-28(8-6-15)14(2)31)3-4-18(17)29(22)20-11-24-21(27-20)19-10-23-12-32-19/h3-4,9-12,15H,5-8H2,1-2H3,(H,24,27)(H,25,26,30). The van der Waals surface area contributed by atoms with Gasteiger partial charge in [-0.2, -0.15) is 0 Å². The summed E-state index contributed by atoms with van der Waals surface area (Å²) in [4.78, 5) is 42.6. The Balaban J connectivity index is 1.44. The molecule has 4 heterocycles. The minimum absolute atomic E-state index is 0.140. The molecule has 170 valence electrons. The first-order chi connectivity index (χ1) is 16.0. The third kappa shape index (κ3) is 4.36. The van der Waals surface area contributed by atoms with E-state index in [4.69, 9.17) is 4.42 Å². The van der Waals surface area contributed by atoms with E-state index < -0.39 is 0 Å². The van der Waals surface area contributed by atoms with Crippen LogP contribution in [0.2, 0.25) is 0 Å². The maximum absolute atomic E-state index is 11.8. The molecule has 2 N–H and O–H groups in total. The van der Waals surface area contributed by atoms with Gasteiger partial charge < -0.3 is 14.3 Å². The van der Waals surface area contributed by atoms with Crippen molar-refractivity contribution in [2.24, 2.45) is 0 Å². The number of aromatic amines is 1. The van der Waals surface area contributed by atoms with Crippen molar-refractivity contribution >= 4 is 40.6 Å². The third-order valence-electron chi connectivity index (χ3n) is 5.57. The second kappa shape index (κ2) is 8.74. The second-order valence-corrected chi connectivity index (χ2v) is 9.28. The van der Waals surface area contributed by atoms with Crippen LogP contribution in [0.5, 0.6) is 0 Å². The van der Waals surface area contributed by atoms with Crippen molar-refractivity contribution in [3.63, 3.8) is 0 Å². The average Bonchev–Trinajstić information content (AvgIpc) is 3.52. The summed E-state index contributed by atoms with van der Waals surface area (Å²) in [6, 6.07) is 6.09. The molecular weight excluding hydrogens is 442 g/mol. The highest BCUT2D eigenvalue weighted by molar-refractivity contribution is 8.00. The van der Waals surface area contributed by atoms with Gasteiger partial charge in [0, 0.05) is 37.1 Å². The fourth-order valence-corrected chi connectivity index (χ4v) is 5.14. The molecule has 33 heavy (non-hydrogen) atoms. The summed E-state index contributed by atoms with van der Waals surface area (Å²) >= 11 is 1.81. The van der Waals surface area contributed by atoms with E-state index in [-0.39, 0.29) is 11.8 Å². The molecule has 0 aliphatic carbocycles. The van der Waals surface area contributed by atoms with Crippen LogP contribution in [0.15, 0.2) is 46.3 Å². The Morgan fingerprint density at radius 1 is 1.21 bits per heavy atom. The number of fused-ring (bicyclic) bond motifs is 1. The molecule has 3 aromatic heterocycles. The highest BCUT2D eigenvalue weighted by Crippen LogP contribution is 2.34. The number of benzene rings is 1. The quantitative estimate of drug-likeness (QED) is 0.463. The number of oxazole rings is 1. The maximum atomic E-state index is 11.8. The van der Waals surface area contributed by atoms with Crippen molar-refractivity contribution in [2.75, 3.05) is 18.4 Å². The van der Waals surface area contributed by atoms with E-state index in [9.17, 15) is 9.59 Å². The lowest BCUT2D eigenvalue weighted by molar-refractivity contribution is -0.129. The van der Waals surface area contributed by atoms with Gasteiger partial charge in [0.25, 0.3) is 0 Å². The molecular formula is C22H23N7O3S. The van der Waals surface area contributed by atoms with E-state index in [1.54, 1.807) is 31.1 Å². The average molecular weight is 466 g/mol. The zero-order valence-corrected chi connectivity index (χ0v) is 19.1. The number of rotatable bonds is 5. The largest absolute Gasteiger partial charge is 0.440 e. The normalized spacial score (nSPS) is 14.7. The number of aromatic nitrogens is 5. The fourth-order valence-electron chi connectivity index (χ4n) is 3.98. The number of nitrogens with one attached hydrogen (secondary N) is 2. The number of hydrogen-bond donors (Lipinski definition) is 2. The first-order valence-electron chi connectivity index (χ1n) is 10.6. The topological polar surface area (TPSA) is 122 Å². The third-order valence-corrected chi connectivity index (χ3v) is 6.90. The molecule has 0 atom stereocenters. The molecule has 1 aliphatic rings. The van der Waals surface area contributed by atoms with Crippen LogP contribution < -0.4 is 5.32 Å². The number of thioether (sulfide) groups is 1. The molecule has 1 fully saturated rings. The molecule has 1 aliphatic heterocycles. The van der Waals surface area contributed by atoms with Gasteiger partial charge in [0.2, 0.25) is 17.8 Å². The molecule has 1 saturated heterocycles. The molecule has 2 amide bonds. The predicted molar refractivity (Wildman–Crippen MR) is 124 cm³/mol. The number of likely N-dealkylation sites (tertiary alicyclic amines) is 1. The van der Waals surface area contributed by atoms with Crippen molar-refractivity contribution < 1.29 is 14.0 Å². The Morgan fingerprint density at radius 2 is 2.03 bits per heavy atom. The van der Waals surface area contributed by atoms with Gasteiger partial charge in [0.05, 0.1) is 23.4 Å². The monoisotopic (exact) mass is 465 g/mol. The molecule has 0 bridgehead atoms. The number of carbonyl (C=O) groups excluding carboxylic acids is 2. The number of anilines is 1. The molecule has 0 saturated carbocycles. The van der Waals surface area contributed by atoms with Crippen LogP contribution in [0, 0.1) is 0 Å². The van der Waals surface area contributed by atoms with Gasteiger partial charge in [0.1, 0.15) is 5.82 Å². The Labute approximate surface area is 193 Å². The van der Waals surface area contributed by atoms with Crippen LogP contribution in [-0.2, 0) is 9.59 Å². The molecule has 11 heteroatoms. The summed E-state index contributed by atoms with van der Waals surface area (Å²) in [5.41, 5.74) is 1.60. The number of H-pyrrole nitrogens is 1. The number of amides is 2. The van der Waals surface area contributed by atoms with Crippen LogP contribution in [0.1, 0.15) is 26.7 Å². The Hall–Kier alpha value is -3.60. The van der Waals surface area contributed by atoms with Crippen molar-refractivity contribution in [1.29, 1.82) is 0 Å². The van der Waals surface area contributed by atoms with Crippen molar-refractivity contribution in [2.45, 2.75) is 36.8 Å². The van der Waals surface area contributed by atoms with Crippen LogP contribution >= 0.6 is 11.8 Å². The van der Waals surface area contributed by atoms with Crippen molar-refractivity contribution in [3.05, 3.63) is 37.0 Å². The van der Waals surface area contributed by atoms with Gasteiger partial charge in [-0.3, -0.25) is 19.5 Å². The summed E-state index contributed by atoms with van der Waals surface area (Å²) in [6.07, 6.45) is 6.51. The molecule has 0 radical (unpaired) electrons. The summed E-state index contributed by atoms with van der Waals surface area (Å²) in [5.74, 6) is 2.02. The van der Waals surface area contributed by atoms with Gasteiger partial charge >= 0.3 is 0 Å². The lowest BCUT2D eigenvalue weighted by Crippen LogP contribution is -2.37. The highest BCUT2D eigenvalue weighted by Gasteiger charge is 2.22. The summed E-state index contributed by atoms with van der Waals surface area (Å²) in [5, 5.41) is 3.26. The van der Waals surface area contributed by atoms with Gasteiger partial charge in [0.15, 0.2) is 18.0 Å². The number of carbonyl (C=O) groups is 2. The first-order valence-corrected chi connectivity index (χ1v) is 11.5. The number of piperidine rings is 1. The highest BCUT2D eigenvalue weighted by atomic mass is 32.2. The van der Waals surface area contributed by atoms with Crippen LogP contribution in [0.3, 0.4) is 0 Å². The van der Waals surface area contributed by atoms with Gasteiger partial charge in [-0.15, -0.1) is 11.8 Å². The molecule has 0 spiro atoms. The van der Waals surface area contributed by atoms with E-state index in [0.717, 1.165) is 41.9 Å². The van der Waals surface area contributed by atoms with E-state index in [1.165, 1.54) is 13.3 Å². The van der Waals surface area contributed by atoms with Crippen molar-refractivity contribution in [3.8, 4) is 17.4 Å². The van der Waals surface area contributed by atoms with Crippen LogP contribution in [-0.4, -0.2) is 59.6 Å². The zero-order valence-electron chi connectivity index (χ0n) is 18.2. The SMILES string of the molecule is CC(=O)Nc1nc2cc(SC3CCN(C(C)=O)CC3)ccc2n1-c1cnc(-c2cnco2)[nH]1. The lowest BCUT2D eigenvalue weighted by Gasteiger charge is -2.30. The molecule has 10 nitrogen and oxygen atoms in total. The first kappa shape index (κ1) is 21.3. The lowest BCUT2D eigenvalue weighted by atomic mass is 10.1. The molecule has 4 aromatic rings.